The van der Waals surface area contributed by atoms with Gasteiger partial charge in [0, 0.05) is 11.4 Å². The molecule has 0 fully saturated rings. The number of nitro groups is 1. The molecule has 4 heterocycles. The van der Waals surface area contributed by atoms with Crippen molar-refractivity contribution in [2.24, 2.45) is 34.1 Å². The summed E-state index contributed by atoms with van der Waals surface area (Å²) < 4.78 is 0. The van der Waals surface area contributed by atoms with Crippen molar-refractivity contribution >= 4 is 45.3 Å². The number of nitrogens with one attached hydrogen (secondary N) is 2. The number of fused-ring (bicyclic) bond motifs is 4. The monoisotopic (exact) mass is 602 g/mol. The molecule has 0 saturated carbocycles. The zero-order valence-electron chi connectivity index (χ0n) is 26.3. The minimum absolute atomic E-state index is 0.188. The third-order valence-corrected chi connectivity index (χ3v) is 9.40. The lowest BCUT2D eigenvalue weighted by Crippen LogP contribution is -2.27. The molecule has 2 aliphatic rings. The van der Waals surface area contributed by atoms with Crippen molar-refractivity contribution in [2.45, 2.75) is 80.1 Å². The van der Waals surface area contributed by atoms with Crippen LogP contribution in [0.25, 0.3) is 22.1 Å². The molecule has 2 amide bonds. The summed E-state index contributed by atoms with van der Waals surface area (Å²) in [5.74, 6) is -0.210. The molecule has 4 aromatic rings. The van der Waals surface area contributed by atoms with Crippen LogP contribution in [0, 0.1) is 32.8 Å². The molecule has 44 heavy (non-hydrogen) atoms. The highest BCUT2D eigenvalue weighted by atomic mass is 16.6. The van der Waals surface area contributed by atoms with Crippen molar-refractivity contribution < 1.29 is 14.5 Å². The second kappa shape index (κ2) is 10.9. The number of H-pyrrole nitrogens is 2. The summed E-state index contributed by atoms with van der Waals surface area (Å²) >= 11 is 0. The summed E-state index contributed by atoms with van der Waals surface area (Å²) in [4.78, 5) is 48.5. The smallest absolute Gasteiger partial charge is 0.325 e. The van der Waals surface area contributed by atoms with Gasteiger partial charge in [-0.05, 0) is 84.5 Å². The van der Waals surface area contributed by atoms with Crippen LogP contribution in [0.2, 0.25) is 0 Å². The predicted octanol–water partition coefficient (Wildman–Crippen LogP) is 5.12. The summed E-state index contributed by atoms with van der Waals surface area (Å²) in [5, 5.41) is 11.3. The van der Waals surface area contributed by atoms with Gasteiger partial charge >= 0.3 is 5.69 Å². The third-order valence-electron chi connectivity index (χ3n) is 9.40. The summed E-state index contributed by atoms with van der Waals surface area (Å²) in [7, 11) is 0. The average molecular weight is 603 g/mol. The van der Waals surface area contributed by atoms with Crippen LogP contribution in [0.5, 0.6) is 0 Å². The van der Waals surface area contributed by atoms with Gasteiger partial charge in [0.25, 0.3) is 11.8 Å². The Morgan fingerprint density at radius 1 is 0.818 bits per heavy atom. The van der Waals surface area contributed by atoms with E-state index < -0.39 is 16.7 Å². The van der Waals surface area contributed by atoms with Crippen LogP contribution in [0.15, 0.2) is 12.1 Å². The number of anilines is 1. The molecule has 0 aliphatic heterocycles. The van der Waals surface area contributed by atoms with Crippen molar-refractivity contribution in [3.05, 3.63) is 56.1 Å². The number of aryl methyl sites for hydroxylation is 2. The van der Waals surface area contributed by atoms with Gasteiger partial charge in [-0.2, -0.15) is 0 Å². The molecule has 8 N–H and O–H groups in total. The highest BCUT2D eigenvalue weighted by Crippen LogP contribution is 2.40. The third kappa shape index (κ3) is 5.72. The first-order valence-corrected chi connectivity index (χ1v) is 15.0. The average Bonchev–Trinajstić information content (AvgIpc) is 3.46. The first-order chi connectivity index (χ1) is 20.5. The van der Waals surface area contributed by atoms with E-state index in [1.54, 1.807) is 0 Å². The van der Waals surface area contributed by atoms with Gasteiger partial charge in [0.15, 0.2) is 11.2 Å². The van der Waals surface area contributed by atoms with Crippen LogP contribution in [0.1, 0.15) is 97.9 Å². The molecule has 2 aliphatic carbocycles. The number of carbonyl (C=O) groups is 2. The number of primary amides is 2. The van der Waals surface area contributed by atoms with Crippen molar-refractivity contribution in [3.8, 4) is 0 Å². The Morgan fingerprint density at radius 2 is 1.25 bits per heavy atom. The normalized spacial score (nSPS) is 18.3. The van der Waals surface area contributed by atoms with Crippen molar-refractivity contribution in [1.82, 2.24) is 19.9 Å². The lowest BCUT2D eigenvalue weighted by atomic mass is 9.71. The van der Waals surface area contributed by atoms with E-state index in [4.69, 9.17) is 17.2 Å². The van der Waals surface area contributed by atoms with Crippen LogP contribution >= 0.6 is 0 Å². The first-order valence-electron chi connectivity index (χ1n) is 15.0. The van der Waals surface area contributed by atoms with E-state index in [2.05, 4.69) is 67.5 Å². The van der Waals surface area contributed by atoms with Gasteiger partial charge in [0.1, 0.15) is 11.2 Å². The maximum atomic E-state index is 11.5. The number of aromatic amines is 2. The van der Waals surface area contributed by atoms with E-state index in [-0.39, 0.29) is 28.0 Å². The predicted molar refractivity (Wildman–Crippen MR) is 170 cm³/mol. The SMILES string of the molecule is CC(C)(C)C1CCc2nc3c(N)c(C(N)=O)[nH]c3cc2C1.CC(C)(C)C1CCc2nc3c([N+](=O)[O-])c(C(N)=O)[nH]c3cc2C1. The van der Waals surface area contributed by atoms with Crippen LogP contribution in [0.4, 0.5) is 11.4 Å². The summed E-state index contributed by atoms with van der Waals surface area (Å²) in [6.07, 6.45) is 5.82. The Labute approximate surface area is 255 Å². The number of rotatable bonds is 3. The van der Waals surface area contributed by atoms with Gasteiger partial charge in [-0.25, -0.2) is 9.97 Å². The molecule has 0 saturated heterocycles. The van der Waals surface area contributed by atoms with E-state index in [1.165, 1.54) is 5.56 Å². The van der Waals surface area contributed by atoms with E-state index in [1.807, 2.05) is 6.07 Å². The Morgan fingerprint density at radius 3 is 1.68 bits per heavy atom. The molecular formula is C32H42N8O4. The maximum absolute atomic E-state index is 11.5. The number of hydrogen-bond acceptors (Lipinski definition) is 7. The maximum Gasteiger partial charge on any atom is 0.325 e. The lowest BCUT2D eigenvalue weighted by molar-refractivity contribution is -0.383. The van der Waals surface area contributed by atoms with E-state index in [0.29, 0.717) is 34.0 Å². The molecule has 4 aromatic heterocycles. The van der Waals surface area contributed by atoms with Gasteiger partial charge in [0.05, 0.1) is 21.6 Å². The number of hydrogen-bond donors (Lipinski definition) is 5. The van der Waals surface area contributed by atoms with Gasteiger partial charge < -0.3 is 27.2 Å². The number of nitrogens with zero attached hydrogens (tertiary/aromatic N) is 3. The van der Waals surface area contributed by atoms with Crippen LogP contribution in [-0.4, -0.2) is 36.7 Å². The topological polar surface area (TPSA) is 213 Å². The second-order valence-electron chi connectivity index (χ2n) is 14.3. The first kappa shape index (κ1) is 31.0. The summed E-state index contributed by atoms with van der Waals surface area (Å²) in [6, 6.07) is 3.97. The number of pyridine rings is 2. The molecule has 0 bridgehead atoms. The number of aromatic nitrogens is 4. The fourth-order valence-corrected chi connectivity index (χ4v) is 6.57. The Kier molecular flexibility index (Phi) is 7.67. The molecule has 12 nitrogen and oxygen atoms in total. The summed E-state index contributed by atoms with van der Waals surface area (Å²) in [5.41, 5.74) is 23.7. The second-order valence-corrected chi connectivity index (χ2v) is 14.3. The molecule has 0 spiro atoms. The molecule has 2 unspecified atom stereocenters. The highest BCUT2D eigenvalue weighted by molar-refractivity contribution is 6.05. The molecule has 234 valence electrons. The molecule has 12 heteroatoms. The Bertz CT molecular complexity index is 1810. The fourth-order valence-electron chi connectivity index (χ4n) is 6.57. The number of nitrogens with two attached hydrogens (primary N) is 3. The van der Waals surface area contributed by atoms with Crippen LogP contribution in [-0.2, 0) is 25.7 Å². The van der Waals surface area contributed by atoms with Gasteiger partial charge in [-0.1, -0.05) is 41.5 Å². The minimum atomic E-state index is -0.847. The highest BCUT2D eigenvalue weighted by Gasteiger charge is 2.33. The van der Waals surface area contributed by atoms with Crippen molar-refractivity contribution in [2.75, 3.05) is 5.73 Å². The molecule has 0 radical (unpaired) electrons. The lowest BCUT2D eigenvalue weighted by Gasteiger charge is -2.34. The Hall–Kier alpha value is -4.48. The largest absolute Gasteiger partial charge is 0.395 e. The van der Waals surface area contributed by atoms with Crippen molar-refractivity contribution in [1.29, 1.82) is 0 Å². The van der Waals surface area contributed by atoms with E-state index in [9.17, 15) is 19.7 Å². The Balaban J connectivity index is 0.000000175. The van der Waals surface area contributed by atoms with E-state index in [0.717, 1.165) is 61.0 Å². The molecular weight excluding hydrogens is 560 g/mol. The molecule has 6 rings (SSSR count). The zero-order valence-corrected chi connectivity index (χ0v) is 26.3. The number of carbonyl (C=O) groups excluding carboxylic acids is 2. The molecule has 0 aromatic carbocycles. The van der Waals surface area contributed by atoms with Gasteiger partial charge in [0.2, 0.25) is 0 Å². The van der Waals surface area contributed by atoms with Crippen LogP contribution < -0.4 is 17.2 Å². The number of amides is 2. The van der Waals surface area contributed by atoms with Crippen LogP contribution in [0.3, 0.4) is 0 Å². The molecule has 2 atom stereocenters. The quantitative estimate of drug-likeness (QED) is 0.157. The van der Waals surface area contributed by atoms with Crippen molar-refractivity contribution in [3.63, 3.8) is 0 Å². The zero-order chi connectivity index (χ0) is 32.3. The number of nitrogen functional groups attached to an aromatic ring is 1. The minimum Gasteiger partial charge on any atom is -0.395 e. The van der Waals surface area contributed by atoms with Gasteiger partial charge in [-0.15, -0.1) is 0 Å². The fraction of sp³-hybridized carbons (Fsp3) is 0.500. The summed E-state index contributed by atoms with van der Waals surface area (Å²) in [6.45, 7) is 13.5. The standard InChI is InChI=1S/C16H20N4O3.C16H22N4O/c1-16(2,3)9-4-5-10-8(6-9)7-11-12(18-10)14(20(22)23)13(19-11)15(17)21;1-16(2,3)9-4-5-10-8(6-9)7-11-13(19-10)12(17)14(20-11)15(18)21/h7,9,19H,4-6H2,1-3H3,(H2,17,21);7,9,20H,4-6,17H2,1-3H3,(H2,18,21). The van der Waals surface area contributed by atoms with Gasteiger partial charge in [-0.3, -0.25) is 19.7 Å². The van der Waals surface area contributed by atoms with E-state index >= 15 is 0 Å².